The number of carbonyl (C=O) groups excluding carboxylic acids is 1. The molecule has 0 atom stereocenters. The number of piperazine rings is 1. The van der Waals surface area contributed by atoms with Crippen LogP contribution in [0.1, 0.15) is 37.2 Å². The van der Waals surface area contributed by atoms with Crippen molar-refractivity contribution in [1.29, 1.82) is 0 Å². The predicted molar refractivity (Wildman–Crippen MR) is 116 cm³/mol. The summed E-state index contributed by atoms with van der Waals surface area (Å²) in [5.41, 5.74) is 1.50. The van der Waals surface area contributed by atoms with Gasteiger partial charge in [-0.2, -0.15) is 0 Å². The molecule has 5 heteroatoms. The number of quaternary nitrogens is 1. The molecule has 1 aliphatic carbocycles. The van der Waals surface area contributed by atoms with Crippen molar-refractivity contribution < 1.29 is 14.4 Å². The predicted octanol–water partition coefficient (Wildman–Crippen LogP) is 3.17. The molecule has 4 nitrogen and oxygen atoms in total. The SMILES string of the molecule is O=C(COc1ccc(Cl)cc1)N1CC[NH+](C2CCC(c3ccccc3)CC2)CC1. The first kappa shape index (κ1) is 20.2. The lowest BCUT2D eigenvalue weighted by atomic mass is 9.81. The van der Waals surface area contributed by atoms with Gasteiger partial charge in [0.25, 0.3) is 5.91 Å². The van der Waals surface area contributed by atoms with Gasteiger partial charge < -0.3 is 14.5 Å². The molecule has 1 aliphatic heterocycles. The fourth-order valence-electron chi connectivity index (χ4n) is 4.78. The highest BCUT2D eigenvalue weighted by Crippen LogP contribution is 2.31. The second-order valence-electron chi connectivity index (χ2n) is 8.24. The van der Waals surface area contributed by atoms with Gasteiger partial charge in [0, 0.05) is 5.02 Å². The van der Waals surface area contributed by atoms with Crippen molar-refractivity contribution in [2.24, 2.45) is 0 Å². The van der Waals surface area contributed by atoms with E-state index in [1.54, 1.807) is 29.2 Å². The molecule has 0 unspecified atom stereocenters. The van der Waals surface area contributed by atoms with Crippen molar-refractivity contribution >= 4 is 17.5 Å². The van der Waals surface area contributed by atoms with Gasteiger partial charge in [-0.05, 0) is 61.4 Å². The van der Waals surface area contributed by atoms with E-state index in [9.17, 15) is 4.79 Å². The Balaban J connectivity index is 1.19. The molecule has 1 saturated carbocycles. The fourth-order valence-corrected chi connectivity index (χ4v) is 4.90. The summed E-state index contributed by atoms with van der Waals surface area (Å²) < 4.78 is 5.62. The van der Waals surface area contributed by atoms with Gasteiger partial charge in [0.2, 0.25) is 0 Å². The van der Waals surface area contributed by atoms with Crippen LogP contribution in [-0.2, 0) is 4.79 Å². The summed E-state index contributed by atoms with van der Waals surface area (Å²) in [7, 11) is 0. The average Bonchev–Trinajstić information content (AvgIpc) is 2.79. The van der Waals surface area contributed by atoms with Crippen LogP contribution >= 0.6 is 11.6 Å². The molecule has 0 spiro atoms. The van der Waals surface area contributed by atoms with Crippen LogP contribution in [0.15, 0.2) is 54.6 Å². The molecule has 0 aromatic heterocycles. The van der Waals surface area contributed by atoms with Gasteiger partial charge in [0.1, 0.15) is 5.75 Å². The summed E-state index contributed by atoms with van der Waals surface area (Å²) in [6, 6.07) is 18.8. The molecule has 2 fully saturated rings. The van der Waals surface area contributed by atoms with Crippen LogP contribution in [0, 0.1) is 0 Å². The minimum Gasteiger partial charge on any atom is -0.484 e. The van der Waals surface area contributed by atoms with Gasteiger partial charge >= 0.3 is 0 Å². The highest BCUT2D eigenvalue weighted by Gasteiger charge is 2.32. The fraction of sp³-hybridized carbons (Fsp3) is 0.458. The number of hydrogen-bond acceptors (Lipinski definition) is 2. The lowest BCUT2D eigenvalue weighted by Crippen LogP contribution is -3.18. The summed E-state index contributed by atoms with van der Waals surface area (Å²) >= 11 is 5.88. The monoisotopic (exact) mass is 413 g/mol. The summed E-state index contributed by atoms with van der Waals surface area (Å²) in [5, 5.41) is 0.667. The first-order chi connectivity index (χ1) is 14.2. The third kappa shape index (κ3) is 5.31. The molecule has 1 heterocycles. The number of benzene rings is 2. The molecule has 2 aromatic carbocycles. The molecule has 154 valence electrons. The standard InChI is InChI=1S/C24H29ClN2O2/c25-21-8-12-23(13-9-21)29-18-24(28)27-16-14-26(15-17-27)22-10-6-20(7-11-22)19-4-2-1-3-5-19/h1-5,8-9,12-13,20,22H,6-7,10-11,14-18H2/p+1. The third-order valence-electron chi connectivity index (χ3n) is 6.51. The van der Waals surface area contributed by atoms with Crippen LogP contribution in [-0.4, -0.2) is 49.6 Å². The molecule has 2 aliphatic rings. The molecule has 1 N–H and O–H groups in total. The Morgan fingerprint density at radius 1 is 0.966 bits per heavy atom. The molecule has 1 saturated heterocycles. The highest BCUT2D eigenvalue weighted by molar-refractivity contribution is 6.30. The third-order valence-corrected chi connectivity index (χ3v) is 6.76. The van der Waals surface area contributed by atoms with Crippen LogP contribution in [0.4, 0.5) is 0 Å². The van der Waals surface area contributed by atoms with Gasteiger partial charge in [0.05, 0.1) is 32.2 Å². The van der Waals surface area contributed by atoms with Gasteiger partial charge in [-0.3, -0.25) is 4.79 Å². The Labute approximate surface area is 178 Å². The number of rotatable bonds is 5. The molecular weight excluding hydrogens is 384 g/mol. The van der Waals surface area contributed by atoms with Gasteiger partial charge in [0.15, 0.2) is 6.61 Å². The molecule has 2 aromatic rings. The minimum atomic E-state index is 0.0757. The van der Waals surface area contributed by atoms with E-state index in [0.29, 0.717) is 10.8 Å². The Bertz CT molecular complexity index is 780. The van der Waals surface area contributed by atoms with E-state index < -0.39 is 0 Å². The topological polar surface area (TPSA) is 34.0 Å². The number of nitrogens with zero attached hydrogens (tertiary/aromatic N) is 1. The number of hydrogen-bond donors (Lipinski definition) is 1. The first-order valence-corrected chi connectivity index (χ1v) is 11.1. The van der Waals surface area contributed by atoms with Gasteiger partial charge in [-0.25, -0.2) is 0 Å². The van der Waals surface area contributed by atoms with Crippen molar-refractivity contribution in [2.75, 3.05) is 32.8 Å². The molecule has 29 heavy (non-hydrogen) atoms. The van der Waals surface area contributed by atoms with Crippen molar-refractivity contribution in [2.45, 2.75) is 37.6 Å². The lowest BCUT2D eigenvalue weighted by Gasteiger charge is -2.39. The summed E-state index contributed by atoms with van der Waals surface area (Å²) in [5.74, 6) is 1.48. The van der Waals surface area contributed by atoms with Crippen LogP contribution in [0.3, 0.4) is 0 Å². The zero-order valence-electron chi connectivity index (χ0n) is 16.9. The molecule has 1 amide bonds. The number of nitrogens with one attached hydrogen (secondary N) is 1. The van der Waals surface area contributed by atoms with E-state index in [0.717, 1.165) is 38.1 Å². The molecular formula is C24H30ClN2O2+. The number of carbonyl (C=O) groups is 1. The summed E-state index contributed by atoms with van der Waals surface area (Å²) in [6.45, 7) is 3.85. The zero-order valence-corrected chi connectivity index (χ0v) is 17.6. The average molecular weight is 414 g/mol. The smallest absolute Gasteiger partial charge is 0.260 e. The Morgan fingerprint density at radius 2 is 1.62 bits per heavy atom. The maximum absolute atomic E-state index is 12.5. The largest absolute Gasteiger partial charge is 0.484 e. The van der Waals surface area contributed by atoms with Crippen molar-refractivity contribution in [3.05, 3.63) is 65.2 Å². The van der Waals surface area contributed by atoms with E-state index in [2.05, 4.69) is 30.3 Å². The van der Waals surface area contributed by atoms with Crippen LogP contribution < -0.4 is 9.64 Å². The van der Waals surface area contributed by atoms with Crippen LogP contribution in [0.25, 0.3) is 0 Å². The number of amides is 1. The molecule has 0 bridgehead atoms. The van der Waals surface area contributed by atoms with E-state index >= 15 is 0 Å². The quantitative estimate of drug-likeness (QED) is 0.816. The highest BCUT2D eigenvalue weighted by atomic mass is 35.5. The number of ether oxygens (including phenoxy) is 1. The van der Waals surface area contributed by atoms with Gasteiger partial charge in [-0.1, -0.05) is 41.9 Å². The van der Waals surface area contributed by atoms with Crippen LogP contribution in [0.2, 0.25) is 5.02 Å². The summed E-state index contributed by atoms with van der Waals surface area (Å²) in [4.78, 5) is 16.1. The van der Waals surface area contributed by atoms with Crippen molar-refractivity contribution in [3.63, 3.8) is 0 Å². The normalized spacial score (nSPS) is 23.0. The lowest BCUT2D eigenvalue weighted by molar-refractivity contribution is -0.930. The Hall–Kier alpha value is -2.04. The van der Waals surface area contributed by atoms with Gasteiger partial charge in [-0.15, -0.1) is 0 Å². The molecule has 0 radical (unpaired) electrons. The molecule has 4 rings (SSSR count). The summed E-state index contributed by atoms with van der Waals surface area (Å²) in [6.07, 6.45) is 5.16. The van der Waals surface area contributed by atoms with Crippen molar-refractivity contribution in [3.8, 4) is 5.75 Å². The Morgan fingerprint density at radius 3 is 2.28 bits per heavy atom. The maximum Gasteiger partial charge on any atom is 0.260 e. The second-order valence-corrected chi connectivity index (χ2v) is 8.68. The van der Waals surface area contributed by atoms with Crippen molar-refractivity contribution in [1.82, 2.24) is 4.90 Å². The maximum atomic E-state index is 12.5. The Kier molecular flexibility index (Phi) is 6.73. The zero-order chi connectivity index (χ0) is 20.1. The van der Waals surface area contributed by atoms with E-state index in [1.807, 2.05) is 4.90 Å². The van der Waals surface area contributed by atoms with E-state index in [1.165, 1.54) is 31.2 Å². The first-order valence-electron chi connectivity index (χ1n) is 10.7. The van der Waals surface area contributed by atoms with Crippen LogP contribution in [0.5, 0.6) is 5.75 Å². The van der Waals surface area contributed by atoms with E-state index in [4.69, 9.17) is 16.3 Å². The second kappa shape index (κ2) is 9.64. The minimum absolute atomic E-state index is 0.0757. The number of halogens is 1. The van der Waals surface area contributed by atoms with E-state index in [-0.39, 0.29) is 12.5 Å².